The average Bonchev–Trinajstić information content (AvgIpc) is 2.61. The van der Waals surface area contributed by atoms with Crippen LogP contribution < -0.4 is 5.32 Å². The number of hydrogen-bond donors (Lipinski definition) is 1. The smallest absolute Gasteiger partial charge is 0.224 e. The molecule has 0 radical (unpaired) electrons. The third-order valence-electron chi connectivity index (χ3n) is 3.78. The van der Waals surface area contributed by atoms with E-state index in [-0.39, 0.29) is 24.5 Å². The van der Waals surface area contributed by atoms with Crippen molar-refractivity contribution in [3.05, 3.63) is 77.3 Å². The minimum Gasteiger partial charge on any atom is -0.326 e. The summed E-state index contributed by atoms with van der Waals surface area (Å²) < 4.78 is 0. The molecule has 0 heterocycles. The standard InChI is InChI=1S/C20H16ClNO2/c21-17-7-9-18(10-8-17)22-20(24)12-11-19(23)16-6-5-14-3-1-2-4-15(14)13-16/h1-10,13H,11-12H2,(H,22,24). The largest absolute Gasteiger partial charge is 0.326 e. The predicted molar refractivity (Wildman–Crippen MR) is 97.6 cm³/mol. The van der Waals surface area contributed by atoms with Crippen molar-refractivity contribution in [1.82, 2.24) is 0 Å². The second-order valence-corrected chi connectivity index (χ2v) is 5.98. The van der Waals surface area contributed by atoms with E-state index in [0.29, 0.717) is 16.3 Å². The molecule has 1 N–H and O–H groups in total. The topological polar surface area (TPSA) is 46.2 Å². The fraction of sp³-hybridized carbons (Fsp3) is 0.100. The molecule has 3 rings (SSSR count). The summed E-state index contributed by atoms with van der Waals surface area (Å²) in [5, 5.41) is 5.48. The van der Waals surface area contributed by atoms with E-state index in [1.807, 2.05) is 42.5 Å². The summed E-state index contributed by atoms with van der Waals surface area (Å²) in [6, 6.07) is 20.3. The van der Waals surface area contributed by atoms with Crippen molar-refractivity contribution in [2.45, 2.75) is 12.8 Å². The molecule has 3 aromatic rings. The molecule has 0 aliphatic carbocycles. The lowest BCUT2D eigenvalue weighted by Gasteiger charge is -2.06. The van der Waals surface area contributed by atoms with Gasteiger partial charge in [0.05, 0.1) is 0 Å². The molecule has 24 heavy (non-hydrogen) atoms. The lowest BCUT2D eigenvalue weighted by atomic mass is 10.0. The van der Waals surface area contributed by atoms with Crippen LogP contribution >= 0.6 is 11.6 Å². The molecule has 0 spiro atoms. The summed E-state index contributed by atoms with van der Waals surface area (Å²) >= 11 is 5.80. The van der Waals surface area contributed by atoms with E-state index < -0.39 is 0 Å². The number of carbonyl (C=O) groups is 2. The Bertz CT molecular complexity index is 888. The number of benzene rings is 3. The summed E-state index contributed by atoms with van der Waals surface area (Å²) in [4.78, 5) is 24.2. The van der Waals surface area contributed by atoms with Crippen LogP contribution in [0.4, 0.5) is 5.69 Å². The van der Waals surface area contributed by atoms with Crippen LogP contribution in [0.25, 0.3) is 10.8 Å². The first-order chi connectivity index (χ1) is 11.6. The van der Waals surface area contributed by atoms with E-state index in [9.17, 15) is 9.59 Å². The minimum absolute atomic E-state index is 0.0352. The van der Waals surface area contributed by atoms with Gasteiger partial charge in [-0.2, -0.15) is 0 Å². The van der Waals surface area contributed by atoms with E-state index in [2.05, 4.69) is 5.32 Å². The van der Waals surface area contributed by atoms with Gasteiger partial charge in [0.1, 0.15) is 0 Å². The van der Waals surface area contributed by atoms with Gasteiger partial charge in [0.25, 0.3) is 0 Å². The second kappa shape index (κ2) is 7.28. The first-order valence-corrected chi connectivity index (χ1v) is 8.07. The fourth-order valence-electron chi connectivity index (χ4n) is 2.49. The normalized spacial score (nSPS) is 10.5. The lowest BCUT2D eigenvalue weighted by molar-refractivity contribution is -0.116. The van der Waals surface area contributed by atoms with Gasteiger partial charge in [-0.3, -0.25) is 9.59 Å². The number of Topliss-reactive ketones (excluding diaryl/α,β-unsaturated/α-hetero) is 1. The van der Waals surface area contributed by atoms with Crippen molar-refractivity contribution < 1.29 is 9.59 Å². The molecule has 0 aliphatic rings. The predicted octanol–water partition coefficient (Wildman–Crippen LogP) is 5.09. The van der Waals surface area contributed by atoms with Crippen LogP contribution in [0.2, 0.25) is 5.02 Å². The monoisotopic (exact) mass is 337 g/mol. The van der Waals surface area contributed by atoms with Gasteiger partial charge in [0.15, 0.2) is 5.78 Å². The van der Waals surface area contributed by atoms with Crippen molar-refractivity contribution >= 4 is 39.8 Å². The lowest BCUT2D eigenvalue weighted by Crippen LogP contribution is -2.13. The number of hydrogen-bond acceptors (Lipinski definition) is 2. The first kappa shape index (κ1) is 16.2. The average molecular weight is 338 g/mol. The highest BCUT2D eigenvalue weighted by molar-refractivity contribution is 6.30. The van der Waals surface area contributed by atoms with Crippen LogP contribution in [0.15, 0.2) is 66.7 Å². The number of rotatable bonds is 5. The molecule has 120 valence electrons. The Balaban J connectivity index is 1.59. The molecule has 0 bridgehead atoms. The number of anilines is 1. The first-order valence-electron chi connectivity index (χ1n) is 7.69. The molecule has 1 amide bonds. The van der Waals surface area contributed by atoms with Crippen molar-refractivity contribution in [1.29, 1.82) is 0 Å². The zero-order valence-corrected chi connectivity index (χ0v) is 13.7. The number of nitrogens with one attached hydrogen (secondary N) is 1. The highest BCUT2D eigenvalue weighted by Crippen LogP contribution is 2.18. The number of ketones is 1. The zero-order chi connectivity index (χ0) is 16.9. The quantitative estimate of drug-likeness (QED) is 0.659. The Morgan fingerprint density at radius 1 is 0.833 bits per heavy atom. The van der Waals surface area contributed by atoms with Crippen molar-refractivity contribution in [2.75, 3.05) is 5.32 Å². The SMILES string of the molecule is O=C(CCC(=O)c1ccc2ccccc2c1)Nc1ccc(Cl)cc1. The van der Waals surface area contributed by atoms with E-state index in [1.54, 1.807) is 24.3 Å². The van der Waals surface area contributed by atoms with Gasteiger partial charge in [0, 0.05) is 29.1 Å². The molecule has 3 aromatic carbocycles. The van der Waals surface area contributed by atoms with Gasteiger partial charge >= 0.3 is 0 Å². The summed E-state index contributed by atoms with van der Waals surface area (Å²) in [6.07, 6.45) is 0.325. The van der Waals surface area contributed by atoms with Crippen LogP contribution in [0.1, 0.15) is 23.2 Å². The van der Waals surface area contributed by atoms with Crippen molar-refractivity contribution in [3.8, 4) is 0 Å². The Morgan fingerprint density at radius 2 is 1.54 bits per heavy atom. The molecule has 0 aliphatic heterocycles. The molecule has 0 saturated carbocycles. The van der Waals surface area contributed by atoms with Crippen LogP contribution in [0.5, 0.6) is 0 Å². The molecular formula is C20H16ClNO2. The van der Waals surface area contributed by atoms with Crippen LogP contribution in [0, 0.1) is 0 Å². The molecule has 0 saturated heterocycles. The summed E-state index contributed by atoms with van der Waals surface area (Å²) in [7, 11) is 0. The molecule has 4 heteroatoms. The van der Waals surface area contributed by atoms with Crippen LogP contribution in [-0.2, 0) is 4.79 Å². The maximum atomic E-state index is 12.3. The molecule has 0 atom stereocenters. The number of halogens is 1. The van der Waals surface area contributed by atoms with Gasteiger partial charge in [-0.25, -0.2) is 0 Å². The van der Waals surface area contributed by atoms with E-state index >= 15 is 0 Å². The van der Waals surface area contributed by atoms with Gasteiger partial charge in [-0.05, 0) is 41.1 Å². The van der Waals surface area contributed by atoms with Crippen molar-refractivity contribution in [3.63, 3.8) is 0 Å². The fourth-order valence-corrected chi connectivity index (χ4v) is 2.62. The number of fused-ring (bicyclic) bond motifs is 1. The van der Waals surface area contributed by atoms with Gasteiger partial charge in [0.2, 0.25) is 5.91 Å². The molecular weight excluding hydrogens is 322 g/mol. The highest BCUT2D eigenvalue weighted by atomic mass is 35.5. The Morgan fingerprint density at radius 3 is 2.29 bits per heavy atom. The second-order valence-electron chi connectivity index (χ2n) is 5.54. The van der Waals surface area contributed by atoms with E-state index in [1.165, 1.54) is 0 Å². The third kappa shape index (κ3) is 4.00. The summed E-state index contributed by atoms with van der Waals surface area (Å²) in [5.74, 6) is -0.224. The van der Waals surface area contributed by atoms with Gasteiger partial charge in [-0.1, -0.05) is 48.0 Å². The maximum absolute atomic E-state index is 12.3. The maximum Gasteiger partial charge on any atom is 0.224 e. The van der Waals surface area contributed by atoms with Gasteiger partial charge in [-0.15, -0.1) is 0 Å². The Labute approximate surface area is 145 Å². The van der Waals surface area contributed by atoms with Crippen LogP contribution in [-0.4, -0.2) is 11.7 Å². The van der Waals surface area contributed by atoms with Gasteiger partial charge < -0.3 is 5.32 Å². The van der Waals surface area contributed by atoms with E-state index in [0.717, 1.165) is 10.8 Å². The molecule has 0 aromatic heterocycles. The Hall–Kier alpha value is -2.65. The van der Waals surface area contributed by atoms with Crippen molar-refractivity contribution in [2.24, 2.45) is 0 Å². The molecule has 3 nitrogen and oxygen atoms in total. The highest BCUT2D eigenvalue weighted by Gasteiger charge is 2.10. The summed E-state index contributed by atoms with van der Waals surface area (Å²) in [5.41, 5.74) is 1.30. The third-order valence-corrected chi connectivity index (χ3v) is 4.03. The zero-order valence-electron chi connectivity index (χ0n) is 13.0. The van der Waals surface area contributed by atoms with Crippen LogP contribution in [0.3, 0.4) is 0 Å². The molecule has 0 fully saturated rings. The van der Waals surface area contributed by atoms with E-state index in [4.69, 9.17) is 11.6 Å². The number of carbonyl (C=O) groups excluding carboxylic acids is 2. The summed E-state index contributed by atoms with van der Waals surface area (Å²) in [6.45, 7) is 0. The Kier molecular flexibility index (Phi) is 4.92. The minimum atomic E-state index is -0.188. The molecule has 0 unspecified atom stereocenters. The number of amides is 1.